The molecule has 0 spiro atoms. The first-order valence-corrected chi connectivity index (χ1v) is 10.2. The molecule has 5 nitrogen and oxygen atoms in total. The van der Waals surface area contributed by atoms with Crippen molar-refractivity contribution in [3.8, 4) is 0 Å². The molecule has 2 aromatic carbocycles. The highest BCUT2D eigenvalue weighted by Gasteiger charge is 2.18. The minimum atomic E-state index is -3.45. The van der Waals surface area contributed by atoms with E-state index in [9.17, 15) is 13.2 Å². The summed E-state index contributed by atoms with van der Waals surface area (Å²) in [6.45, 7) is 1.93. The van der Waals surface area contributed by atoms with Gasteiger partial charge in [0, 0.05) is 0 Å². The lowest BCUT2D eigenvalue weighted by Gasteiger charge is -2.17. The maximum atomic E-state index is 12.6. The number of hydrogen-bond acceptors (Lipinski definition) is 3. The van der Waals surface area contributed by atoms with Crippen molar-refractivity contribution in [3.05, 3.63) is 64.7 Å². The second kappa shape index (κ2) is 6.88. The second-order valence-electron chi connectivity index (χ2n) is 6.50. The summed E-state index contributed by atoms with van der Waals surface area (Å²) in [6, 6.07) is 12.8. The molecule has 0 bridgehead atoms. The second-order valence-corrected chi connectivity index (χ2v) is 8.25. The van der Waals surface area contributed by atoms with Gasteiger partial charge in [0.05, 0.1) is 23.5 Å². The van der Waals surface area contributed by atoms with E-state index < -0.39 is 10.0 Å². The summed E-state index contributed by atoms with van der Waals surface area (Å²) in [4.78, 5) is 12.6. The van der Waals surface area contributed by atoms with Gasteiger partial charge in [-0.1, -0.05) is 30.3 Å². The maximum Gasteiger partial charge on any atom is 0.253 e. The Kier molecular flexibility index (Phi) is 4.81. The number of nitrogens with one attached hydrogen (secondary N) is 2. The zero-order valence-corrected chi connectivity index (χ0v) is 15.2. The molecule has 6 heteroatoms. The molecule has 0 saturated carbocycles. The van der Waals surface area contributed by atoms with E-state index in [1.807, 2.05) is 6.92 Å². The molecule has 1 aliphatic rings. The van der Waals surface area contributed by atoms with Crippen molar-refractivity contribution < 1.29 is 13.2 Å². The van der Waals surface area contributed by atoms with Gasteiger partial charge in [0.15, 0.2) is 0 Å². The van der Waals surface area contributed by atoms with Crippen LogP contribution in [0, 0.1) is 0 Å². The summed E-state index contributed by atoms with van der Waals surface area (Å²) in [5.74, 6) is -0.306. The summed E-state index contributed by atoms with van der Waals surface area (Å²) < 4.78 is 25.4. The molecule has 1 amide bonds. The van der Waals surface area contributed by atoms with Crippen molar-refractivity contribution in [2.75, 3.05) is 11.0 Å². The van der Waals surface area contributed by atoms with Crippen molar-refractivity contribution in [2.24, 2.45) is 0 Å². The first-order chi connectivity index (χ1) is 11.8. The van der Waals surface area contributed by atoms with Gasteiger partial charge in [-0.25, -0.2) is 8.42 Å². The minimum absolute atomic E-state index is 0.162. The summed E-state index contributed by atoms with van der Waals surface area (Å²) in [7, 11) is -3.45. The van der Waals surface area contributed by atoms with E-state index in [4.69, 9.17) is 0 Å². The molecular weight excluding hydrogens is 336 g/mol. The zero-order chi connectivity index (χ0) is 18.0. The molecule has 2 aromatic rings. The van der Waals surface area contributed by atoms with E-state index in [-0.39, 0.29) is 17.6 Å². The Morgan fingerprint density at radius 2 is 1.80 bits per heavy atom. The third-order valence-corrected chi connectivity index (χ3v) is 5.03. The minimum Gasteiger partial charge on any atom is -0.345 e. The van der Waals surface area contributed by atoms with E-state index >= 15 is 0 Å². The average molecular weight is 358 g/mol. The van der Waals surface area contributed by atoms with Gasteiger partial charge in [-0.15, -0.1) is 0 Å². The lowest BCUT2D eigenvalue weighted by molar-refractivity contribution is 0.0941. The van der Waals surface area contributed by atoms with Crippen molar-refractivity contribution in [3.63, 3.8) is 0 Å². The maximum absolute atomic E-state index is 12.6. The molecule has 1 aliphatic carbocycles. The number of aryl methyl sites for hydroxylation is 2. The van der Waals surface area contributed by atoms with Crippen LogP contribution in [0.1, 0.15) is 46.4 Å². The largest absolute Gasteiger partial charge is 0.345 e. The molecule has 25 heavy (non-hydrogen) atoms. The number of carbonyl (C=O) groups excluding carboxylic acids is 1. The normalized spacial score (nSPS) is 14.6. The van der Waals surface area contributed by atoms with E-state index in [0.717, 1.165) is 24.7 Å². The third-order valence-electron chi connectivity index (χ3n) is 4.44. The summed E-state index contributed by atoms with van der Waals surface area (Å²) in [5.41, 5.74) is 4.40. The van der Waals surface area contributed by atoms with Gasteiger partial charge in [-0.05, 0) is 55.0 Å². The molecular formula is C19H22N2O3S. The Morgan fingerprint density at radius 3 is 2.56 bits per heavy atom. The Bertz CT molecular complexity index is 907. The smallest absolute Gasteiger partial charge is 0.253 e. The predicted octanol–water partition coefficient (Wildman–Crippen LogP) is 3.04. The molecule has 132 valence electrons. The van der Waals surface area contributed by atoms with Gasteiger partial charge >= 0.3 is 0 Å². The number of sulfonamides is 1. The molecule has 3 rings (SSSR count). The first-order valence-electron chi connectivity index (χ1n) is 8.33. The van der Waals surface area contributed by atoms with Crippen LogP contribution in [-0.4, -0.2) is 20.6 Å². The molecule has 1 atom stereocenters. The molecule has 0 radical (unpaired) electrons. The van der Waals surface area contributed by atoms with Crippen LogP contribution in [0.4, 0.5) is 5.69 Å². The number of fused-ring (bicyclic) bond motifs is 1. The van der Waals surface area contributed by atoms with Gasteiger partial charge in [0.2, 0.25) is 10.0 Å². The molecule has 0 aliphatic heterocycles. The van der Waals surface area contributed by atoms with Crippen LogP contribution in [0.5, 0.6) is 0 Å². The predicted molar refractivity (Wildman–Crippen MR) is 99.3 cm³/mol. The fourth-order valence-corrected chi connectivity index (χ4v) is 3.77. The fourth-order valence-electron chi connectivity index (χ4n) is 3.19. The average Bonchev–Trinajstić information content (AvgIpc) is 3.01. The topological polar surface area (TPSA) is 75.3 Å². The van der Waals surface area contributed by atoms with Crippen LogP contribution in [0.2, 0.25) is 0 Å². The van der Waals surface area contributed by atoms with Crippen LogP contribution >= 0.6 is 0 Å². The van der Waals surface area contributed by atoms with Crippen molar-refractivity contribution >= 4 is 21.6 Å². The SMILES string of the molecule is CC(NC(=O)c1ccccc1NS(C)(=O)=O)c1ccc2c(c1)CCC2. The fraction of sp³-hybridized carbons (Fsp3) is 0.316. The first kappa shape index (κ1) is 17.5. The summed E-state index contributed by atoms with van der Waals surface area (Å²) in [6.07, 6.45) is 4.46. The molecule has 2 N–H and O–H groups in total. The van der Waals surface area contributed by atoms with Crippen molar-refractivity contribution in [1.82, 2.24) is 5.32 Å². The molecule has 0 aromatic heterocycles. The molecule has 0 heterocycles. The van der Waals surface area contributed by atoms with E-state index in [0.29, 0.717) is 5.56 Å². The van der Waals surface area contributed by atoms with Crippen LogP contribution < -0.4 is 10.0 Å². The molecule has 0 saturated heterocycles. The lowest BCUT2D eigenvalue weighted by Crippen LogP contribution is -2.28. The molecule has 1 unspecified atom stereocenters. The van der Waals surface area contributed by atoms with Crippen LogP contribution in [-0.2, 0) is 22.9 Å². The Morgan fingerprint density at radius 1 is 1.08 bits per heavy atom. The Hall–Kier alpha value is -2.34. The highest BCUT2D eigenvalue weighted by molar-refractivity contribution is 7.92. The highest BCUT2D eigenvalue weighted by atomic mass is 32.2. The number of rotatable bonds is 5. The number of amides is 1. The summed E-state index contributed by atoms with van der Waals surface area (Å²) in [5, 5.41) is 2.96. The van der Waals surface area contributed by atoms with Crippen LogP contribution in [0.25, 0.3) is 0 Å². The summed E-state index contributed by atoms with van der Waals surface area (Å²) >= 11 is 0. The zero-order valence-electron chi connectivity index (χ0n) is 14.4. The van der Waals surface area contributed by atoms with Gasteiger partial charge in [0.25, 0.3) is 5.91 Å². The quantitative estimate of drug-likeness (QED) is 0.863. The highest BCUT2D eigenvalue weighted by Crippen LogP contribution is 2.26. The van der Waals surface area contributed by atoms with Gasteiger partial charge in [0.1, 0.15) is 0 Å². The number of carbonyl (C=O) groups is 1. The number of anilines is 1. The number of benzene rings is 2. The van der Waals surface area contributed by atoms with E-state index in [1.54, 1.807) is 24.3 Å². The van der Waals surface area contributed by atoms with Crippen molar-refractivity contribution in [2.45, 2.75) is 32.2 Å². The molecule has 0 fully saturated rings. The lowest BCUT2D eigenvalue weighted by atomic mass is 10.0. The number of para-hydroxylation sites is 1. The van der Waals surface area contributed by atoms with Gasteiger partial charge in [-0.2, -0.15) is 0 Å². The van der Waals surface area contributed by atoms with Gasteiger partial charge in [-0.3, -0.25) is 9.52 Å². The van der Waals surface area contributed by atoms with Crippen LogP contribution in [0.3, 0.4) is 0 Å². The van der Waals surface area contributed by atoms with E-state index in [2.05, 4.69) is 28.2 Å². The Balaban J connectivity index is 1.78. The van der Waals surface area contributed by atoms with Crippen LogP contribution in [0.15, 0.2) is 42.5 Å². The van der Waals surface area contributed by atoms with Gasteiger partial charge < -0.3 is 5.32 Å². The Labute approximate surface area is 148 Å². The number of hydrogen-bond donors (Lipinski definition) is 2. The van der Waals surface area contributed by atoms with Crippen molar-refractivity contribution in [1.29, 1.82) is 0 Å². The van der Waals surface area contributed by atoms with E-state index in [1.165, 1.54) is 17.5 Å². The monoisotopic (exact) mass is 358 g/mol. The standard InChI is InChI=1S/C19H22N2O3S/c1-13(15-11-10-14-6-5-7-16(14)12-15)20-19(22)17-8-3-4-9-18(17)21-25(2,23)24/h3-4,8-13,21H,5-7H2,1-2H3,(H,20,22). The third kappa shape index (κ3) is 4.20.